The maximum atomic E-state index is 14.2. The molecule has 44 heavy (non-hydrogen) atoms. The number of carbonyl (C=O) groups is 3. The summed E-state index contributed by atoms with van der Waals surface area (Å²) in [5, 5.41) is 7.02. The molecule has 0 saturated carbocycles. The number of nitrogens with one attached hydrogen (secondary N) is 1. The van der Waals surface area contributed by atoms with Crippen LogP contribution >= 0.6 is 11.6 Å². The van der Waals surface area contributed by atoms with Gasteiger partial charge in [-0.2, -0.15) is 18.3 Å². The zero-order valence-electron chi connectivity index (χ0n) is 23.9. The fraction of sp³-hybridized carbons (Fsp3) is 0.226. The highest BCUT2D eigenvalue weighted by Gasteiger charge is 2.43. The molecule has 3 amide bonds. The summed E-state index contributed by atoms with van der Waals surface area (Å²) in [5.74, 6) is -1.34. The lowest BCUT2D eigenvalue weighted by molar-refractivity contribution is -0.141. The Morgan fingerprint density at radius 3 is 2.41 bits per heavy atom. The van der Waals surface area contributed by atoms with E-state index in [4.69, 9.17) is 16.3 Å². The summed E-state index contributed by atoms with van der Waals surface area (Å²) in [6, 6.07) is 17.3. The van der Waals surface area contributed by atoms with Gasteiger partial charge in [0, 0.05) is 49.0 Å². The number of ether oxygens (including phenoxy) is 1. The number of amides is 3. The first-order chi connectivity index (χ1) is 20.9. The number of methoxy groups -OCH3 is 1. The van der Waals surface area contributed by atoms with Crippen molar-refractivity contribution in [3.05, 3.63) is 105 Å². The molecule has 0 aliphatic carbocycles. The Morgan fingerprint density at radius 1 is 1.07 bits per heavy atom. The zero-order valence-corrected chi connectivity index (χ0v) is 24.7. The molecule has 5 rings (SSSR count). The topological polar surface area (TPSA) is 96.8 Å². The predicted molar refractivity (Wildman–Crippen MR) is 158 cm³/mol. The van der Waals surface area contributed by atoms with E-state index in [2.05, 4.69) is 10.4 Å². The predicted octanol–water partition coefficient (Wildman–Crippen LogP) is 5.39. The zero-order chi connectivity index (χ0) is 31.8. The first kappa shape index (κ1) is 30.6. The molecular formula is C31H27ClF3N5O4. The van der Waals surface area contributed by atoms with Crippen molar-refractivity contribution >= 4 is 35.0 Å². The van der Waals surface area contributed by atoms with Crippen LogP contribution in [0.25, 0.3) is 5.69 Å². The summed E-state index contributed by atoms with van der Waals surface area (Å²) in [5.41, 5.74) is -0.483. The highest BCUT2D eigenvalue weighted by atomic mass is 35.5. The monoisotopic (exact) mass is 625 g/mol. The van der Waals surface area contributed by atoms with Crippen molar-refractivity contribution in [2.75, 3.05) is 32.6 Å². The first-order valence-corrected chi connectivity index (χ1v) is 13.8. The third-order valence-electron chi connectivity index (χ3n) is 7.19. The minimum atomic E-state index is -4.86. The number of rotatable bonds is 7. The minimum Gasteiger partial charge on any atom is -0.497 e. The van der Waals surface area contributed by atoms with Gasteiger partial charge in [0.05, 0.1) is 18.4 Å². The number of carbonyl (C=O) groups excluding carboxylic acids is 3. The van der Waals surface area contributed by atoms with Crippen molar-refractivity contribution in [3.8, 4) is 11.4 Å². The lowest BCUT2D eigenvalue weighted by Crippen LogP contribution is -2.39. The van der Waals surface area contributed by atoms with Crippen LogP contribution < -0.4 is 15.0 Å². The van der Waals surface area contributed by atoms with E-state index in [1.807, 2.05) is 0 Å². The number of hydrogen-bond acceptors (Lipinski definition) is 5. The number of anilines is 1. The maximum absolute atomic E-state index is 14.2. The molecule has 0 atom stereocenters. The summed E-state index contributed by atoms with van der Waals surface area (Å²) < 4.78 is 48.8. The Kier molecular flexibility index (Phi) is 8.38. The van der Waals surface area contributed by atoms with Crippen LogP contribution in [0.3, 0.4) is 0 Å². The number of halogens is 4. The summed E-state index contributed by atoms with van der Waals surface area (Å²) in [6.45, 7) is -0.00538. The molecular weight excluding hydrogens is 599 g/mol. The number of benzene rings is 3. The van der Waals surface area contributed by atoms with Crippen molar-refractivity contribution in [1.29, 1.82) is 0 Å². The highest BCUT2D eigenvalue weighted by Crippen LogP contribution is 2.38. The molecule has 4 aromatic rings. The Morgan fingerprint density at radius 2 is 1.77 bits per heavy atom. The fourth-order valence-corrected chi connectivity index (χ4v) is 5.17. The standard InChI is InChI=1S/C31H27ClF3N5O4/c1-38(2)29(42)18-8-10-20(11-9-18)39-15-14-22-26(30(39)43)40(37-27(22)31(33,34)35)25-13-12-21(44-3)16-23(25)28(41)36-17-19-6-4-5-7-24(19)32/h4-13,16H,14-15,17H2,1-3H3,(H,36,41). The van der Waals surface area contributed by atoms with E-state index < -0.39 is 23.7 Å². The van der Waals surface area contributed by atoms with E-state index in [0.717, 1.165) is 4.68 Å². The van der Waals surface area contributed by atoms with E-state index in [1.165, 1.54) is 35.1 Å². The van der Waals surface area contributed by atoms with Gasteiger partial charge >= 0.3 is 6.18 Å². The molecule has 13 heteroatoms. The van der Waals surface area contributed by atoms with E-state index in [9.17, 15) is 27.6 Å². The first-order valence-electron chi connectivity index (χ1n) is 13.4. The Labute approximate surface area is 255 Å². The van der Waals surface area contributed by atoms with Crippen LogP contribution in [0.4, 0.5) is 18.9 Å². The van der Waals surface area contributed by atoms with E-state index in [1.54, 1.807) is 62.6 Å². The van der Waals surface area contributed by atoms with E-state index in [-0.39, 0.29) is 53.7 Å². The molecule has 0 bridgehead atoms. The van der Waals surface area contributed by atoms with Crippen molar-refractivity contribution < 1.29 is 32.3 Å². The van der Waals surface area contributed by atoms with E-state index >= 15 is 0 Å². The van der Waals surface area contributed by atoms with Crippen molar-refractivity contribution in [1.82, 2.24) is 20.0 Å². The Bertz CT molecular complexity index is 1750. The average molecular weight is 626 g/mol. The highest BCUT2D eigenvalue weighted by molar-refractivity contribution is 6.31. The molecule has 0 radical (unpaired) electrons. The maximum Gasteiger partial charge on any atom is 0.435 e. The summed E-state index contributed by atoms with van der Waals surface area (Å²) in [7, 11) is 4.60. The van der Waals surface area contributed by atoms with Gasteiger partial charge in [-0.3, -0.25) is 14.4 Å². The second kappa shape index (κ2) is 12.0. The Balaban J connectivity index is 1.58. The normalized spacial score (nSPS) is 13.0. The van der Waals surface area contributed by atoms with Gasteiger partial charge in [0.1, 0.15) is 11.4 Å². The van der Waals surface area contributed by atoms with Gasteiger partial charge in [-0.05, 0) is 60.5 Å². The number of hydrogen-bond donors (Lipinski definition) is 1. The molecule has 1 aromatic heterocycles. The van der Waals surface area contributed by atoms with Crippen LogP contribution in [0.15, 0.2) is 66.7 Å². The Hall–Kier alpha value is -4.84. The molecule has 0 fully saturated rings. The average Bonchev–Trinajstić information content (AvgIpc) is 3.41. The summed E-state index contributed by atoms with van der Waals surface area (Å²) in [6.07, 6.45) is -5.00. The van der Waals surface area contributed by atoms with Gasteiger partial charge in [-0.25, -0.2) is 4.68 Å². The second-order valence-corrected chi connectivity index (χ2v) is 10.6. The van der Waals surface area contributed by atoms with Gasteiger partial charge in [-0.15, -0.1) is 0 Å². The smallest absolute Gasteiger partial charge is 0.435 e. The second-order valence-electron chi connectivity index (χ2n) is 10.2. The van der Waals surface area contributed by atoms with Crippen LogP contribution in [-0.2, 0) is 19.1 Å². The number of fused-ring (bicyclic) bond motifs is 1. The molecule has 228 valence electrons. The van der Waals surface area contributed by atoms with Crippen LogP contribution in [0, 0.1) is 0 Å². The van der Waals surface area contributed by atoms with Crippen molar-refractivity contribution in [2.24, 2.45) is 0 Å². The molecule has 1 aliphatic heterocycles. The molecule has 0 saturated heterocycles. The molecule has 2 heterocycles. The summed E-state index contributed by atoms with van der Waals surface area (Å²) in [4.78, 5) is 42.4. The van der Waals surface area contributed by atoms with Crippen molar-refractivity contribution in [2.45, 2.75) is 19.1 Å². The third-order valence-corrected chi connectivity index (χ3v) is 7.56. The van der Waals surface area contributed by atoms with Crippen LogP contribution in [0.2, 0.25) is 5.02 Å². The molecule has 0 spiro atoms. The van der Waals surface area contributed by atoms with Gasteiger partial charge in [0.25, 0.3) is 17.7 Å². The molecule has 3 aromatic carbocycles. The van der Waals surface area contributed by atoms with Gasteiger partial charge < -0.3 is 19.9 Å². The van der Waals surface area contributed by atoms with Gasteiger partial charge in [0.2, 0.25) is 0 Å². The van der Waals surface area contributed by atoms with Gasteiger partial charge in [0.15, 0.2) is 5.69 Å². The number of nitrogens with zero attached hydrogens (tertiary/aromatic N) is 4. The van der Waals surface area contributed by atoms with Crippen LogP contribution in [-0.4, -0.2) is 60.2 Å². The summed E-state index contributed by atoms with van der Waals surface area (Å²) >= 11 is 6.22. The molecule has 1 aliphatic rings. The van der Waals surface area contributed by atoms with Gasteiger partial charge in [-0.1, -0.05) is 29.8 Å². The van der Waals surface area contributed by atoms with Crippen LogP contribution in [0.1, 0.15) is 48.0 Å². The minimum absolute atomic E-state index is 0.0409. The largest absolute Gasteiger partial charge is 0.497 e. The quantitative estimate of drug-likeness (QED) is 0.297. The number of aromatic nitrogens is 2. The third kappa shape index (κ3) is 5.85. The molecule has 1 N–H and O–H groups in total. The lowest BCUT2D eigenvalue weighted by Gasteiger charge is -2.28. The van der Waals surface area contributed by atoms with E-state index in [0.29, 0.717) is 21.8 Å². The van der Waals surface area contributed by atoms with Crippen molar-refractivity contribution in [3.63, 3.8) is 0 Å². The number of alkyl halides is 3. The molecule has 9 nitrogen and oxygen atoms in total. The fourth-order valence-electron chi connectivity index (χ4n) is 4.97. The molecule has 0 unspecified atom stereocenters. The SMILES string of the molecule is COc1ccc(-n2nc(C(F)(F)F)c3c2C(=O)N(c2ccc(C(=O)N(C)C)cc2)CC3)c(C(=O)NCc2ccccc2Cl)c1. The lowest BCUT2D eigenvalue weighted by atomic mass is 10.0. The van der Waals surface area contributed by atoms with Crippen LogP contribution in [0.5, 0.6) is 5.75 Å².